The zero-order valence-corrected chi connectivity index (χ0v) is 14.1. The Bertz CT molecular complexity index is 725. The molecule has 2 unspecified atom stereocenters. The normalized spacial score (nSPS) is 21.3. The first kappa shape index (κ1) is 16.5. The molecular weight excluding hydrogens is 361 g/mol. The number of benzene rings is 1. The molecule has 0 radical (unpaired) electrons. The summed E-state index contributed by atoms with van der Waals surface area (Å²) in [7, 11) is 0. The highest BCUT2D eigenvalue weighted by Crippen LogP contribution is 2.25. The van der Waals surface area contributed by atoms with Crippen LogP contribution in [0.4, 0.5) is 0 Å². The minimum absolute atomic E-state index is 0.0853. The molecule has 1 aromatic heterocycles. The second-order valence-electron chi connectivity index (χ2n) is 4.84. The van der Waals surface area contributed by atoms with Crippen molar-refractivity contribution in [3.63, 3.8) is 0 Å². The average Bonchev–Trinajstić information content (AvgIpc) is 2.95. The highest BCUT2D eigenvalue weighted by Gasteiger charge is 2.24. The van der Waals surface area contributed by atoms with Crippen LogP contribution in [0.1, 0.15) is 12.2 Å². The molecule has 8 nitrogen and oxygen atoms in total. The molecule has 2 aromatic rings. The van der Waals surface area contributed by atoms with Gasteiger partial charge in [0, 0.05) is 0 Å². The van der Waals surface area contributed by atoms with Gasteiger partial charge in [-0.25, -0.2) is 0 Å². The van der Waals surface area contributed by atoms with Gasteiger partial charge < -0.3 is 11.1 Å². The van der Waals surface area contributed by atoms with Gasteiger partial charge >= 0.3 is 0 Å². The second-order valence-corrected chi connectivity index (χ2v) is 6.75. The summed E-state index contributed by atoms with van der Waals surface area (Å²) < 4.78 is 1.57. The lowest BCUT2D eigenvalue weighted by atomic mass is 10.3. The highest BCUT2D eigenvalue weighted by molar-refractivity contribution is 7.99. The lowest BCUT2D eigenvalue weighted by molar-refractivity contribution is -0.123. The minimum atomic E-state index is -0.354. The molecule has 122 valence electrons. The summed E-state index contributed by atoms with van der Waals surface area (Å²) in [6, 6.07) is 5.14. The van der Waals surface area contributed by atoms with E-state index in [0.29, 0.717) is 27.3 Å². The Morgan fingerprint density at radius 2 is 2.22 bits per heavy atom. The molecule has 3 rings (SSSR count). The van der Waals surface area contributed by atoms with E-state index in [1.165, 1.54) is 11.8 Å². The van der Waals surface area contributed by atoms with Crippen LogP contribution in [0.25, 0.3) is 5.69 Å². The van der Waals surface area contributed by atoms with Gasteiger partial charge in [0.25, 0.3) is 0 Å². The number of nitrogens with one attached hydrogen (secondary N) is 2. The van der Waals surface area contributed by atoms with Crippen molar-refractivity contribution in [3.05, 3.63) is 34.1 Å². The molecule has 23 heavy (non-hydrogen) atoms. The van der Waals surface area contributed by atoms with Crippen molar-refractivity contribution in [1.29, 1.82) is 0 Å². The predicted octanol–water partition coefficient (Wildman–Crippen LogP) is 0.880. The summed E-state index contributed by atoms with van der Waals surface area (Å²) >= 11 is 13.4. The number of amides is 1. The zero-order chi connectivity index (χ0) is 16.4. The Kier molecular flexibility index (Phi) is 5.02. The summed E-state index contributed by atoms with van der Waals surface area (Å²) in [6.45, 7) is 0. The first-order chi connectivity index (χ1) is 11.0. The number of nitrogens with two attached hydrogens (primary N) is 1. The van der Waals surface area contributed by atoms with Crippen LogP contribution in [0.5, 0.6) is 0 Å². The Balaban J connectivity index is 1.71. The van der Waals surface area contributed by atoms with Crippen LogP contribution in [0.3, 0.4) is 0 Å². The van der Waals surface area contributed by atoms with E-state index in [-0.39, 0.29) is 24.0 Å². The van der Waals surface area contributed by atoms with E-state index in [2.05, 4.69) is 26.2 Å². The van der Waals surface area contributed by atoms with E-state index in [1.807, 2.05) is 0 Å². The van der Waals surface area contributed by atoms with Gasteiger partial charge in [0.1, 0.15) is 5.50 Å². The molecule has 4 N–H and O–H groups in total. The second kappa shape index (κ2) is 7.02. The maximum absolute atomic E-state index is 11.5. The molecule has 0 bridgehead atoms. The summed E-state index contributed by atoms with van der Waals surface area (Å²) in [5.74, 6) is 0.999. The number of tetrazole rings is 1. The van der Waals surface area contributed by atoms with Crippen molar-refractivity contribution in [3.8, 4) is 5.69 Å². The van der Waals surface area contributed by atoms with Crippen molar-refractivity contribution < 1.29 is 4.79 Å². The number of thioether (sulfide) groups is 1. The number of hydrogen-bond donors (Lipinski definition) is 3. The lowest BCUT2D eigenvalue weighted by Crippen LogP contribution is -2.57. The van der Waals surface area contributed by atoms with Gasteiger partial charge in [0.2, 0.25) is 5.91 Å². The maximum atomic E-state index is 11.5. The van der Waals surface area contributed by atoms with Gasteiger partial charge in [-0.05, 0) is 28.6 Å². The number of hydrogen-bond acceptors (Lipinski definition) is 7. The summed E-state index contributed by atoms with van der Waals surface area (Å²) in [5, 5.41) is 18.4. The van der Waals surface area contributed by atoms with Crippen molar-refractivity contribution in [2.75, 3.05) is 0 Å². The monoisotopic (exact) mass is 373 g/mol. The molecule has 1 aliphatic rings. The molecule has 1 fully saturated rings. The van der Waals surface area contributed by atoms with E-state index in [4.69, 9.17) is 28.9 Å². The lowest BCUT2D eigenvalue weighted by Gasteiger charge is -2.28. The van der Waals surface area contributed by atoms with Crippen molar-refractivity contribution >= 4 is 40.9 Å². The molecule has 1 amide bonds. The molecule has 2 atom stereocenters. The van der Waals surface area contributed by atoms with E-state index in [9.17, 15) is 4.79 Å². The largest absolute Gasteiger partial charge is 0.332 e. The quantitative estimate of drug-likeness (QED) is 0.729. The van der Waals surface area contributed by atoms with Gasteiger partial charge in [-0.15, -0.1) is 16.9 Å². The van der Waals surface area contributed by atoms with Crippen LogP contribution in [-0.4, -0.2) is 37.8 Å². The first-order valence-electron chi connectivity index (χ1n) is 6.68. The number of rotatable bonds is 4. The molecule has 2 heterocycles. The van der Waals surface area contributed by atoms with E-state index < -0.39 is 0 Å². The highest BCUT2D eigenvalue weighted by atomic mass is 35.5. The van der Waals surface area contributed by atoms with Crippen molar-refractivity contribution in [1.82, 2.24) is 30.8 Å². The fourth-order valence-electron chi connectivity index (χ4n) is 2.06. The minimum Gasteiger partial charge on any atom is -0.332 e. The Morgan fingerprint density at radius 1 is 1.39 bits per heavy atom. The summed E-state index contributed by atoms with van der Waals surface area (Å²) in [5.41, 5.74) is 6.18. The molecule has 0 spiro atoms. The third-order valence-corrected chi connectivity index (χ3v) is 4.87. The zero-order valence-electron chi connectivity index (χ0n) is 11.7. The van der Waals surface area contributed by atoms with Crippen molar-refractivity contribution in [2.24, 2.45) is 5.73 Å². The molecule has 1 aliphatic heterocycles. The topological polar surface area (TPSA) is 111 Å². The standard InChI is InChI=1S/C12H13Cl2N7OS/c13-7-2-1-6(3-8(7)14)21-10(18-19-20-21)5-23-12-16-9(15)4-11(22)17-12/h1-3,9,12,16H,4-5,15H2,(H,17,22). The van der Waals surface area contributed by atoms with Crippen LogP contribution in [0.2, 0.25) is 10.0 Å². The van der Waals surface area contributed by atoms with Gasteiger partial charge in [0.05, 0.1) is 34.1 Å². The van der Waals surface area contributed by atoms with Gasteiger partial charge in [0.15, 0.2) is 5.82 Å². The maximum Gasteiger partial charge on any atom is 0.224 e. The third-order valence-electron chi connectivity index (χ3n) is 3.12. The Morgan fingerprint density at radius 3 is 2.96 bits per heavy atom. The molecule has 1 saturated heterocycles. The average molecular weight is 374 g/mol. The van der Waals surface area contributed by atoms with Crippen LogP contribution in [-0.2, 0) is 10.5 Å². The fraction of sp³-hybridized carbons (Fsp3) is 0.333. The van der Waals surface area contributed by atoms with Gasteiger partial charge in [-0.1, -0.05) is 23.2 Å². The van der Waals surface area contributed by atoms with Crippen LogP contribution >= 0.6 is 35.0 Å². The van der Waals surface area contributed by atoms with Gasteiger partial charge in [-0.2, -0.15) is 4.68 Å². The molecule has 0 aliphatic carbocycles. The molecule has 1 aromatic carbocycles. The Labute approximate surface area is 146 Å². The van der Waals surface area contributed by atoms with Crippen LogP contribution < -0.4 is 16.4 Å². The van der Waals surface area contributed by atoms with Crippen molar-refractivity contribution in [2.45, 2.75) is 23.8 Å². The fourth-order valence-corrected chi connectivity index (χ4v) is 3.33. The SMILES string of the molecule is NC1CC(=O)NC(SCc2nnnn2-c2ccc(Cl)c(Cl)c2)N1. The van der Waals surface area contributed by atoms with Gasteiger partial charge in [-0.3, -0.25) is 10.1 Å². The number of aromatic nitrogens is 4. The molecule has 11 heteroatoms. The number of nitrogens with zero attached hydrogens (tertiary/aromatic N) is 4. The smallest absolute Gasteiger partial charge is 0.224 e. The van der Waals surface area contributed by atoms with E-state index in [1.54, 1.807) is 22.9 Å². The van der Waals surface area contributed by atoms with Crippen LogP contribution in [0.15, 0.2) is 18.2 Å². The first-order valence-corrected chi connectivity index (χ1v) is 8.48. The van der Waals surface area contributed by atoms with Crippen LogP contribution in [0, 0.1) is 0 Å². The Hall–Kier alpha value is -1.39. The van der Waals surface area contributed by atoms with E-state index >= 15 is 0 Å². The molecule has 0 saturated carbocycles. The van der Waals surface area contributed by atoms with E-state index in [0.717, 1.165) is 0 Å². The summed E-state index contributed by atoms with van der Waals surface area (Å²) in [4.78, 5) is 11.5. The summed E-state index contributed by atoms with van der Waals surface area (Å²) in [6.07, 6.45) is -0.0924. The molecular formula is C12H13Cl2N7OS. The predicted molar refractivity (Wildman–Crippen MR) is 88.1 cm³/mol. The number of carbonyl (C=O) groups is 1. The number of carbonyl (C=O) groups excluding carboxylic acids is 1. The number of halogens is 2. The third kappa shape index (κ3) is 3.93.